The number of amides is 1. The number of carbonyl (C=O) groups excluding carboxylic acids is 1. The van der Waals surface area contributed by atoms with Crippen LogP contribution >= 0.6 is 0 Å². The Labute approximate surface area is 205 Å². The summed E-state index contributed by atoms with van der Waals surface area (Å²) in [6.45, 7) is 2.09. The summed E-state index contributed by atoms with van der Waals surface area (Å²) in [4.78, 5) is 15.3. The highest BCUT2D eigenvalue weighted by Crippen LogP contribution is 2.27. The van der Waals surface area contributed by atoms with Crippen molar-refractivity contribution in [2.45, 2.75) is 25.7 Å². The maximum Gasteiger partial charge on any atom is 0.259 e. The number of nitrogens with one attached hydrogen (secondary N) is 1. The lowest BCUT2D eigenvalue weighted by Gasteiger charge is -2.20. The monoisotopic (exact) mass is 464 g/mol. The Hall–Kier alpha value is -4.19. The van der Waals surface area contributed by atoms with Gasteiger partial charge < -0.3 is 15.0 Å². The fraction of sp³-hybridized carbons (Fsp3) is 0.207. The van der Waals surface area contributed by atoms with Crippen LogP contribution in [0.5, 0.6) is 11.5 Å². The molecule has 0 bridgehead atoms. The largest absolute Gasteiger partial charge is 0.457 e. The molecule has 1 aliphatic rings. The van der Waals surface area contributed by atoms with Gasteiger partial charge in [0.15, 0.2) is 5.82 Å². The molecule has 0 saturated carbocycles. The number of hydrogen-bond donors (Lipinski definition) is 1. The number of anilines is 2. The maximum atomic E-state index is 13.0. The van der Waals surface area contributed by atoms with E-state index in [1.165, 1.54) is 25.7 Å². The second kappa shape index (κ2) is 10.8. The lowest BCUT2D eigenvalue weighted by Crippen LogP contribution is -2.25. The summed E-state index contributed by atoms with van der Waals surface area (Å²) in [7, 11) is 0. The van der Waals surface area contributed by atoms with Gasteiger partial charge in [-0.3, -0.25) is 4.79 Å². The molecular formula is C29H28N4O2. The van der Waals surface area contributed by atoms with Crippen LogP contribution in [-0.2, 0) is 0 Å². The van der Waals surface area contributed by atoms with Gasteiger partial charge in [0.2, 0.25) is 0 Å². The molecule has 2 heterocycles. The molecule has 1 N–H and O–H groups in total. The molecule has 35 heavy (non-hydrogen) atoms. The number of rotatable bonds is 6. The van der Waals surface area contributed by atoms with Crippen molar-refractivity contribution in [3.8, 4) is 22.8 Å². The molecule has 176 valence electrons. The molecule has 0 spiro atoms. The van der Waals surface area contributed by atoms with Gasteiger partial charge in [-0.2, -0.15) is 0 Å². The van der Waals surface area contributed by atoms with E-state index < -0.39 is 0 Å². The second-order valence-corrected chi connectivity index (χ2v) is 8.62. The average Bonchev–Trinajstić information content (AvgIpc) is 3.20. The molecule has 0 radical (unpaired) electrons. The predicted octanol–water partition coefficient (Wildman–Crippen LogP) is 6.57. The van der Waals surface area contributed by atoms with Crippen molar-refractivity contribution >= 4 is 17.4 Å². The fourth-order valence-electron chi connectivity index (χ4n) is 4.23. The van der Waals surface area contributed by atoms with Crippen LogP contribution in [0.4, 0.5) is 11.5 Å². The van der Waals surface area contributed by atoms with E-state index in [2.05, 4.69) is 20.4 Å². The Morgan fingerprint density at radius 1 is 0.743 bits per heavy atom. The van der Waals surface area contributed by atoms with Crippen LogP contribution in [0.1, 0.15) is 36.0 Å². The minimum Gasteiger partial charge on any atom is -0.457 e. The topological polar surface area (TPSA) is 67.4 Å². The lowest BCUT2D eigenvalue weighted by molar-refractivity contribution is 0.102. The molecule has 1 aromatic heterocycles. The molecule has 3 aromatic carbocycles. The quantitative estimate of drug-likeness (QED) is 0.350. The van der Waals surface area contributed by atoms with E-state index >= 15 is 0 Å². The highest BCUT2D eigenvalue weighted by atomic mass is 16.5. The van der Waals surface area contributed by atoms with Crippen molar-refractivity contribution in [1.29, 1.82) is 0 Å². The van der Waals surface area contributed by atoms with Gasteiger partial charge in [-0.1, -0.05) is 55.3 Å². The number of nitrogens with zero attached hydrogens (tertiary/aromatic N) is 3. The smallest absolute Gasteiger partial charge is 0.259 e. The molecule has 1 aliphatic heterocycles. The Morgan fingerprint density at radius 3 is 2.17 bits per heavy atom. The van der Waals surface area contributed by atoms with E-state index in [4.69, 9.17) is 4.74 Å². The molecule has 0 unspecified atom stereocenters. The molecule has 1 saturated heterocycles. The van der Waals surface area contributed by atoms with Crippen LogP contribution in [0.25, 0.3) is 11.3 Å². The van der Waals surface area contributed by atoms with Gasteiger partial charge in [-0.15, -0.1) is 10.2 Å². The normalized spacial score (nSPS) is 13.7. The van der Waals surface area contributed by atoms with Crippen molar-refractivity contribution in [2.24, 2.45) is 0 Å². The fourth-order valence-corrected chi connectivity index (χ4v) is 4.23. The Morgan fingerprint density at radius 2 is 1.46 bits per heavy atom. The highest BCUT2D eigenvalue weighted by molar-refractivity contribution is 6.06. The molecular weight excluding hydrogens is 436 g/mol. The Balaban J connectivity index is 1.26. The molecule has 1 fully saturated rings. The second-order valence-electron chi connectivity index (χ2n) is 8.62. The van der Waals surface area contributed by atoms with Crippen LogP contribution < -0.4 is 15.0 Å². The van der Waals surface area contributed by atoms with Crippen molar-refractivity contribution in [3.63, 3.8) is 0 Å². The third-order valence-corrected chi connectivity index (χ3v) is 6.12. The third-order valence-electron chi connectivity index (χ3n) is 6.12. The first kappa shape index (κ1) is 22.6. The van der Waals surface area contributed by atoms with E-state index in [9.17, 15) is 4.79 Å². The summed E-state index contributed by atoms with van der Waals surface area (Å²) in [6, 6.07) is 28.3. The van der Waals surface area contributed by atoms with Gasteiger partial charge in [0.05, 0.1) is 11.3 Å². The molecule has 1 amide bonds. The summed E-state index contributed by atoms with van der Waals surface area (Å²) < 4.78 is 5.93. The first-order valence-electron chi connectivity index (χ1n) is 12.1. The van der Waals surface area contributed by atoms with Gasteiger partial charge in [0, 0.05) is 24.3 Å². The van der Waals surface area contributed by atoms with Crippen molar-refractivity contribution < 1.29 is 9.53 Å². The Kier molecular flexibility index (Phi) is 6.99. The number of ether oxygens (including phenoxy) is 1. The minimum atomic E-state index is -0.231. The van der Waals surface area contributed by atoms with E-state index in [1.54, 1.807) is 12.1 Å². The van der Waals surface area contributed by atoms with E-state index in [0.717, 1.165) is 30.2 Å². The van der Waals surface area contributed by atoms with Gasteiger partial charge in [0.25, 0.3) is 5.91 Å². The summed E-state index contributed by atoms with van der Waals surface area (Å²) in [5.74, 6) is 1.90. The van der Waals surface area contributed by atoms with Crippen molar-refractivity contribution in [3.05, 3.63) is 96.6 Å². The molecule has 6 heteroatoms. The number of carbonyl (C=O) groups is 1. The number of para-hydroxylation sites is 2. The van der Waals surface area contributed by atoms with Crippen molar-refractivity contribution in [1.82, 2.24) is 10.2 Å². The van der Waals surface area contributed by atoms with Crippen LogP contribution in [-0.4, -0.2) is 29.2 Å². The zero-order chi connectivity index (χ0) is 23.9. The SMILES string of the molecule is O=C(Nc1ccc(-c2ccc(N3CCCCCC3)nn2)cc1)c1ccccc1Oc1ccccc1. The highest BCUT2D eigenvalue weighted by Gasteiger charge is 2.14. The summed E-state index contributed by atoms with van der Waals surface area (Å²) in [5, 5.41) is 11.9. The Bertz CT molecular complexity index is 1250. The zero-order valence-electron chi connectivity index (χ0n) is 19.6. The molecule has 4 aromatic rings. The molecule has 5 rings (SSSR count). The molecule has 0 aliphatic carbocycles. The summed E-state index contributed by atoms with van der Waals surface area (Å²) in [5.41, 5.74) is 2.92. The summed E-state index contributed by atoms with van der Waals surface area (Å²) >= 11 is 0. The van der Waals surface area contributed by atoms with Crippen molar-refractivity contribution in [2.75, 3.05) is 23.3 Å². The third kappa shape index (κ3) is 5.66. The van der Waals surface area contributed by atoms with Crippen LogP contribution in [0, 0.1) is 0 Å². The van der Waals surface area contributed by atoms with Crippen LogP contribution in [0.15, 0.2) is 91.0 Å². The van der Waals surface area contributed by atoms with Crippen LogP contribution in [0.2, 0.25) is 0 Å². The average molecular weight is 465 g/mol. The standard InChI is InChI=1S/C29H28N4O2/c34-29(25-12-6-7-13-27(25)35-24-10-4-3-5-11-24)30-23-16-14-22(15-17-23)26-18-19-28(32-31-26)33-20-8-1-2-9-21-33/h3-7,10-19H,1-2,8-9,20-21H2,(H,30,34). The number of benzene rings is 3. The lowest BCUT2D eigenvalue weighted by atomic mass is 10.1. The molecule has 0 atom stereocenters. The number of aromatic nitrogens is 2. The first-order valence-corrected chi connectivity index (χ1v) is 12.1. The van der Waals surface area contributed by atoms with E-state index in [0.29, 0.717) is 22.7 Å². The predicted molar refractivity (Wildman–Crippen MR) is 139 cm³/mol. The van der Waals surface area contributed by atoms with Gasteiger partial charge >= 0.3 is 0 Å². The maximum absolute atomic E-state index is 13.0. The zero-order valence-corrected chi connectivity index (χ0v) is 19.6. The van der Waals surface area contributed by atoms with Gasteiger partial charge in [-0.25, -0.2) is 0 Å². The molecule has 6 nitrogen and oxygen atoms in total. The first-order chi connectivity index (χ1) is 17.3. The van der Waals surface area contributed by atoms with Crippen LogP contribution in [0.3, 0.4) is 0 Å². The summed E-state index contributed by atoms with van der Waals surface area (Å²) in [6.07, 6.45) is 4.99. The van der Waals surface area contributed by atoms with Gasteiger partial charge in [0.1, 0.15) is 11.5 Å². The van der Waals surface area contributed by atoms with E-state index in [-0.39, 0.29) is 5.91 Å². The van der Waals surface area contributed by atoms with Gasteiger partial charge in [-0.05, 0) is 61.4 Å². The number of hydrogen-bond acceptors (Lipinski definition) is 5. The van der Waals surface area contributed by atoms with E-state index in [1.807, 2.05) is 78.9 Å². The minimum absolute atomic E-state index is 0.231.